The third kappa shape index (κ3) is 11.1. The standard InChI is InChI=1S/C36H44ClFN2O6/c1-22(2)17-31-34(43)45-30(24(4)14-15-25-9-7-10-27(38)18-25)11-8-12-32(41)40-29(20-26-16-13-23(3)28(37)19-26)33(42)39-21-36(5,6)35(44)46-31/h7-10,12-16,18-19,22,24,29-31H,11,17,20-21H2,1-6H3,(H,39,42)(H,40,41)/b12-8+,15-14+. The molecular formula is C36H44ClFN2O6. The van der Waals surface area contributed by atoms with Gasteiger partial charge >= 0.3 is 11.9 Å². The van der Waals surface area contributed by atoms with Crippen molar-refractivity contribution >= 4 is 41.4 Å². The number of cyclic esters (lactones) is 2. The molecule has 2 aromatic rings. The minimum absolute atomic E-state index is 0.00198. The summed E-state index contributed by atoms with van der Waals surface area (Å²) in [5, 5.41) is 6.05. The molecule has 0 spiro atoms. The second kappa shape index (κ2) is 16.5. The molecule has 46 heavy (non-hydrogen) atoms. The van der Waals surface area contributed by atoms with Crippen molar-refractivity contribution in [2.75, 3.05) is 6.54 Å². The SMILES string of the molecule is Cc1ccc(CC2NC(=O)/C=C/CC(C(C)/C=C/c3cccc(F)c3)OC(=O)C(CC(C)C)OC(=O)C(C)(C)CNC2=O)cc1Cl. The Labute approximate surface area is 275 Å². The number of hydrogen-bond donors (Lipinski definition) is 2. The number of nitrogens with one attached hydrogen (secondary N) is 2. The van der Waals surface area contributed by atoms with Crippen LogP contribution in [0.1, 0.15) is 64.2 Å². The summed E-state index contributed by atoms with van der Waals surface area (Å²) in [6.45, 7) is 10.6. The van der Waals surface area contributed by atoms with Crippen LogP contribution < -0.4 is 10.6 Å². The largest absolute Gasteiger partial charge is 0.459 e. The van der Waals surface area contributed by atoms with Crippen LogP contribution in [0, 0.1) is 30.0 Å². The summed E-state index contributed by atoms with van der Waals surface area (Å²) in [6.07, 6.45) is 5.00. The highest BCUT2D eigenvalue weighted by atomic mass is 35.5. The Balaban J connectivity index is 1.94. The van der Waals surface area contributed by atoms with Crippen molar-refractivity contribution in [3.8, 4) is 0 Å². The normalized spacial score (nSPS) is 22.9. The number of ether oxygens (including phenoxy) is 2. The van der Waals surface area contributed by atoms with E-state index in [9.17, 15) is 23.6 Å². The smallest absolute Gasteiger partial charge is 0.347 e. The second-order valence-corrected chi connectivity index (χ2v) is 13.3. The number of rotatable bonds is 7. The fourth-order valence-electron chi connectivity index (χ4n) is 4.74. The lowest BCUT2D eigenvalue weighted by Gasteiger charge is -2.29. The summed E-state index contributed by atoms with van der Waals surface area (Å²) in [5.41, 5.74) is 1.06. The van der Waals surface area contributed by atoms with Gasteiger partial charge in [-0.3, -0.25) is 14.4 Å². The molecule has 1 aliphatic heterocycles. The Morgan fingerprint density at radius 1 is 1.07 bits per heavy atom. The quantitative estimate of drug-likeness (QED) is 0.347. The molecule has 0 aromatic heterocycles. The maximum Gasteiger partial charge on any atom is 0.347 e. The molecule has 0 bridgehead atoms. The van der Waals surface area contributed by atoms with Crippen LogP contribution in [0.25, 0.3) is 6.08 Å². The van der Waals surface area contributed by atoms with Gasteiger partial charge in [-0.05, 0) is 74.1 Å². The summed E-state index contributed by atoms with van der Waals surface area (Å²) in [4.78, 5) is 53.2. The minimum Gasteiger partial charge on any atom is -0.459 e. The van der Waals surface area contributed by atoms with E-state index in [1.807, 2.05) is 39.8 Å². The van der Waals surface area contributed by atoms with E-state index >= 15 is 0 Å². The van der Waals surface area contributed by atoms with Crippen LogP contribution in [0.5, 0.6) is 0 Å². The van der Waals surface area contributed by atoms with Crippen molar-refractivity contribution in [3.63, 3.8) is 0 Å². The van der Waals surface area contributed by atoms with Gasteiger partial charge in [-0.15, -0.1) is 0 Å². The van der Waals surface area contributed by atoms with Gasteiger partial charge in [0.25, 0.3) is 0 Å². The van der Waals surface area contributed by atoms with Gasteiger partial charge in [0, 0.05) is 30.3 Å². The Morgan fingerprint density at radius 3 is 2.48 bits per heavy atom. The summed E-state index contributed by atoms with van der Waals surface area (Å²) < 4.78 is 25.4. The van der Waals surface area contributed by atoms with Gasteiger partial charge in [-0.1, -0.05) is 74.9 Å². The van der Waals surface area contributed by atoms with E-state index < -0.39 is 47.4 Å². The monoisotopic (exact) mass is 654 g/mol. The summed E-state index contributed by atoms with van der Waals surface area (Å²) in [6, 6.07) is 10.5. The van der Waals surface area contributed by atoms with Crippen molar-refractivity contribution in [3.05, 3.63) is 88.2 Å². The molecule has 248 valence electrons. The first-order chi connectivity index (χ1) is 21.6. The first-order valence-corrected chi connectivity index (χ1v) is 15.9. The van der Waals surface area contributed by atoms with Crippen molar-refractivity contribution in [1.29, 1.82) is 0 Å². The van der Waals surface area contributed by atoms with E-state index in [0.717, 1.165) is 11.1 Å². The maximum absolute atomic E-state index is 13.7. The molecule has 2 N–H and O–H groups in total. The number of benzene rings is 2. The summed E-state index contributed by atoms with van der Waals surface area (Å²) in [7, 11) is 0. The predicted molar refractivity (Wildman–Crippen MR) is 176 cm³/mol. The number of carbonyl (C=O) groups is 4. The Bertz CT molecular complexity index is 1470. The fraction of sp³-hybridized carbons (Fsp3) is 0.444. The molecule has 2 aromatic carbocycles. The molecule has 10 heteroatoms. The zero-order valence-electron chi connectivity index (χ0n) is 27.3. The van der Waals surface area contributed by atoms with E-state index in [0.29, 0.717) is 10.6 Å². The van der Waals surface area contributed by atoms with Gasteiger partial charge in [0.1, 0.15) is 18.0 Å². The zero-order chi connectivity index (χ0) is 34.0. The minimum atomic E-state index is -1.20. The van der Waals surface area contributed by atoms with Crippen LogP contribution in [0.2, 0.25) is 5.02 Å². The van der Waals surface area contributed by atoms with Crippen LogP contribution in [0.15, 0.2) is 60.7 Å². The molecule has 4 unspecified atom stereocenters. The van der Waals surface area contributed by atoms with Crippen LogP contribution in [0.3, 0.4) is 0 Å². The van der Waals surface area contributed by atoms with E-state index in [-0.39, 0.29) is 43.5 Å². The number of hydrogen-bond acceptors (Lipinski definition) is 6. The van der Waals surface area contributed by atoms with E-state index in [1.165, 1.54) is 18.2 Å². The first kappa shape index (κ1) is 36.5. The average molecular weight is 655 g/mol. The van der Waals surface area contributed by atoms with Crippen molar-refractivity contribution < 1.29 is 33.0 Å². The van der Waals surface area contributed by atoms with Gasteiger partial charge < -0.3 is 20.1 Å². The molecule has 1 aliphatic rings. The number of amides is 2. The number of carbonyl (C=O) groups excluding carboxylic acids is 4. The molecule has 8 nitrogen and oxygen atoms in total. The average Bonchev–Trinajstić information content (AvgIpc) is 2.98. The predicted octanol–water partition coefficient (Wildman–Crippen LogP) is 6.14. The highest BCUT2D eigenvalue weighted by Gasteiger charge is 2.37. The molecule has 0 aliphatic carbocycles. The highest BCUT2D eigenvalue weighted by Crippen LogP contribution is 2.24. The molecule has 0 saturated carbocycles. The van der Waals surface area contributed by atoms with Gasteiger partial charge in [0.15, 0.2) is 6.10 Å². The molecule has 4 atom stereocenters. The second-order valence-electron chi connectivity index (χ2n) is 12.9. The lowest BCUT2D eigenvalue weighted by atomic mass is 9.93. The lowest BCUT2D eigenvalue weighted by molar-refractivity contribution is -0.178. The molecule has 0 fully saturated rings. The molecule has 0 radical (unpaired) electrons. The molecule has 0 saturated heterocycles. The van der Waals surface area contributed by atoms with Crippen LogP contribution in [-0.4, -0.2) is 48.5 Å². The van der Waals surface area contributed by atoms with Gasteiger partial charge in [-0.25, -0.2) is 9.18 Å². The van der Waals surface area contributed by atoms with Crippen molar-refractivity contribution in [2.24, 2.45) is 17.3 Å². The molecular weight excluding hydrogens is 611 g/mol. The zero-order valence-corrected chi connectivity index (χ0v) is 28.0. The number of aryl methyl sites for hydroxylation is 1. The Hall–Kier alpha value is -3.98. The molecule has 3 rings (SSSR count). The summed E-state index contributed by atoms with van der Waals surface area (Å²) >= 11 is 6.31. The van der Waals surface area contributed by atoms with E-state index in [4.69, 9.17) is 21.1 Å². The van der Waals surface area contributed by atoms with Crippen molar-refractivity contribution in [1.82, 2.24) is 10.6 Å². The number of esters is 2. The number of halogens is 2. The Morgan fingerprint density at radius 2 is 1.80 bits per heavy atom. The topological polar surface area (TPSA) is 111 Å². The van der Waals surface area contributed by atoms with Gasteiger partial charge in [0.05, 0.1) is 5.41 Å². The first-order valence-electron chi connectivity index (χ1n) is 15.5. The van der Waals surface area contributed by atoms with Crippen LogP contribution >= 0.6 is 11.6 Å². The maximum atomic E-state index is 13.7. The van der Waals surface area contributed by atoms with Crippen molar-refractivity contribution in [2.45, 2.75) is 79.1 Å². The molecule has 2 amide bonds. The molecule has 1 heterocycles. The Kier molecular flexibility index (Phi) is 13.1. The van der Waals surface area contributed by atoms with Gasteiger partial charge in [-0.2, -0.15) is 0 Å². The van der Waals surface area contributed by atoms with Crippen LogP contribution in [0.4, 0.5) is 4.39 Å². The van der Waals surface area contributed by atoms with Crippen LogP contribution in [-0.2, 0) is 35.1 Å². The van der Waals surface area contributed by atoms with Gasteiger partial charge in [0.2, 0.25) is 11.8 Å². The van der Waals surface area contributed by atoms with E-state index in [1.54, 1.807) is 50.3 Å². The summed E-state index contributed by atoms with van der Waals surface area (Å²) in [5.74, 6) is -3.13. The highest BCUT2D eigenvalue weighted by molar-refractivity contribution is 6.31. The lowest BCUT2D eigenvalue weighted by Crippen LogP contribution is -2.51. The third-order valence-corrected chi connectivity index (χ3v) is 8.10. The third-order valence-electron chi connectivity index (χ3n) is 7.70. The fourth-order valence-corrected chi connectivity index (χ4v) is 4.95. The van der Waals surface area contributed by atoms with E-state index in [2.05, 4.69) is 10.6 Å².